The molecule has 0 radical (unpaired) electrons. The van der Waals surface area contributed by atoms with Gasteiger partial charge in [-0.15, -0.1) is 0 Å². The molecule has 0 aliphatic heterocycles. The highest BCUT2D eigenvalue weighted by Crippen LogP contribution is 2.32. The van der Waals surface area contributed by atoms with Crippen LogP contribution in [0.2, 0.25) is 10.0 Å². The molecule has 1 aromatic heterocycles. The monoisotopic (exact) mass is 457 g/mol. The van der Waals surface area contributed by atoms with E-state index < -0.39 is 6.10 Å². The lowest BCUT2D eigenvalue weighted by atomic mass is 9.92. The summed E-state index contributed by atoms with van der Waals surface area (Å²) in [6.45, 7) is 1.99. The Kier molecular flexibility index (Phi) is 6.65. The lowest BCUT2D eigenvalue weighted by molar-refractivity contribution is 0.0713. The normalized spacial score (nSPS) is 18.7. The fourth-order valence-electron chi connectivity index (χ4n) is 4.17. The van der Waals surface area contributed by atoms with Crippen LogP contribution in [-0.4, -0.2) is 32.7 Å². The van der Waals surface area contributed by atoms with Crippen molar-refractivity contribution in [2.24, 2.45) is 0 Å². The molecule has 0 unspecified atom stereocenters. The zero-order chi connectivity index (χ0) is 22.0. The van der Waals surface area contributed by atoms with Crippen LogP contribution >= 0.6 is 23.2 Å². The predicted octanol–water partition coefficient (Wildman–Crippen LogP) is 5.44. The van der Waals surface area contributed by atoms with E-state index in [2.05, 4.69) is 5.32 Å². The minimum atomic E-state index is -0.524. The summed E-state index contributed by atoms with van der Waals surface area (Å²) in [5, 5.41) is 14.5. The molecule has 0 bridgehead atoms. The Labute approximate surface area is 192 Å². The number of hydrogen-bond donors (Lipinski definition) is 2. The molecule has 7 heteroatoms. The molecule has 0 spiro atoms. The van der Waals surface area contributed by atoms with Crippen LogP contribution in [0.3, 0.4) is 0 Å². The van der Waals surface area contributed by atoms with Crippen molar-refractivity contribution in [3.05, 3.63) is 70.0 Å². The van der Waals surface area contributed by atoms with Crippen LogP contribution in [0, 0.1) is 0 Å². The Morgan fingerprint density at radius 2 is 1.84 bits per heavy atom. The van der Waals surface area contributed by atoms with Gasteiger partial charge in [0.2, 0.25) is 0 Å². The molecule has 1 aliphatic rings. The van der Waals surface area contributed by atoms with Gasteiger partial charge >= 0.3 is 0 Å². The van der Waals surface area contributed by atoms with Crippen LogP contribution in [0.1, 0.15) is 48.8 Å². The molecule has 31 heavy (non-hydrogen) atoms. The first kappa shape index (κ1) is 21.9. The van der Waals surface area contributed by atoms with Crippen molar-refractivity contribution in [2.75, 3.05) is 0 Å². The number of aliphatic hydroxyl groups excluding tert-OH is 1. The zero-order valence-electron chi connectivity index (χ0n) is 17.3. The van der Waals surface area contributed by atoms with Crippen molar-refractivity contribution >= 4 is 29.1 Å². The number of carbonyl (C=O) groups is 1. The van der Waals surface area contributed by atoms with Crippen molar-refractivity contribution in [2.45, 2.75) is 51.2 Å². The predicted molar refractivity (Wildman–Crippen MR) is 124 cm³/mol. The summed E-state index contributed by atoms with van der Waals surface area (Å²) in [5.74, 6) is 0.322. The minimum absolute atomic E-state index is 0.254. The quantitative estimate of drug-likeness (QED) is 0.535. The summed E-state index contributed by atoms with van der Waals surface area (Å²) in [5.41, 5.74) is 2.72. The topological polar surface area (TPSA) is 67.2 Å². The van der Waals surface area contributed by atoms with E-state index in [4.69, 9.17) is 28.2 Å². The van der Waals surface area contributed by atoms with E-state index in [1.165, 1.54) is 0 Å². The molecule has 1 aliphatic carbocycles. The number of amides is 1. The van der Waals surface area contributed by atoms with E-state index in [0.29, 0.717) is 34.4 Å². The van der Waals surface area contributed by atoms with Crippen molar-refractivity contribution in [1.29, 1.82) is 0 Å². The highest BCUT2D eigenvalue weighted by atomic mass is 35.5. The van der Waals surface area contributed by atoms with Crippen molar-refractivity contribution in [3.8, 4) is 17.1 Å². The summed E-state index contributed by atoms with van der Waals surface area (Å²) < 4.78 is 1.96. The molecule has 1 saturated carbocycles. The Bertz CT molecular complexity index is 1080. The van der Waals surface area contributed by atoms with Crippen molar-refractivity contribution < 1.29 is 9.90 Å². The molecule has 4 rings (SSSR count). The largest absolute Gasteiger partial charge is 0.391 e. The van der Waals surface area contributed by atoms with E-state index in [0.717, 1.165) is 36.2 Å². The third-order valence-electron chi connectivity index (χ3n) is 5.77. The van der Waals surface area contributed by atoms with Gasteiger partial charge in [-0.2, -0.15) is 0 Å². The van der Waals surface area contributed by atoms with Gasteiger partial charge in [-0.1, -0.05) is 55.1 Å². The Morgan fingerprint density at radius 1 is 1.13 bits per heavy atom. The van der Waals surface area contributed by atoms with Crippen LogP contribution in [0.5, 0.6) is 0 Å². The van der Waals surface area contributed by atoms with Gasteiger partial charge in [0.15, 0.2) is 0 Å². The number of nitrogens with zero attached hydrogens (tertiary/aromatic N) is 2. The molecule has 2 N–H and O–H groups in total. The molecule has 0 saturated heterocycles. The number of benzene rings is 2. The fraction of sp³-hybridized carbons (Fsp3) is 0.333. The number of rotatable bonds is 5. The van der Waals surface area contributed by atoms with Crippen LogP contribution in [0.15, 0.2) is 48.5 Å². The maximum Gasteiger partial charge on any atom is 0.272 e. The second-order valence-corrected chi connectivity index (χ2v) is 8.65. The standard InChI is InChI=1S/C24H25Cl2N3O2/c1-2-20-22(24(31)27-19-9-5-6-10-21(19)30)28-23(17-7-3-4-8-18(17)26)29(20)16-13-11-15(25)12-14-16/h3-4,7-8,11-14,19,21,30H,2,5-6,9-10H2,1H3,(H,27,31)/t19-,21-/m0/s1. The van der Waals surface area contributed by atoms with E-state index in [9.17, 15) is 9.90 Å². The lowest BCUT2D eigenvalue weighted by Crippen LogP contribution is -2.45. The second-order valence-electron chi connectivity index (χ2n) is 7.81. The van der Waals surface area contributed by atoms with E-state index in [1.54, 1.807) is 0 Å². The van der Waals surface area contributed by atoms with Gasteiger partial charge in [0.25, 0.3) is 5.91 Å². The molecule has 5 nitrogen and oxygen atoms in total. The Balaban J connectivity index is 1.82. The van der Waals surface area contributed by atoms with Crippen LogP contribution in [0.4, 0.5) is 0 Å². The maximum atomic E-state index is 13.3. The van der Waals surface area contributed by atoms with E-state index >= 15 is 0 Å². The van der Waals surface area contributed by atoms with Crippen molar-refractivity contribution in [3.63, 3.8) is 0 Å². The molecule has 2 atom stereocenters. The van der Waals surface area contributed by atoms with Gasteiger partial charge in [0.1, 0.15) is 11.5 Å². The molecule has 3 aromatic rings. The van der Waals surface area contributed by atoms with E-state index in [-0.39, 0.29) is 11.9 Å². The molecule has 1 heterocycles. The fourth-order valence-corrected chi connectivity index (χ4v) is 4.52. The number of nitrogens with one attached hydrogen (secondary N) is 1. The summed E-state index contributed by atoms with van der Waals surface area (Å²) in [4.78, 5) is 18.0. The average Bonchev–Trinajstić information content (AvgIpc) is 3.16. The Morgan fingerprint density at radius 3 is 2.52 bits per heavy atom. The number of hydrogen-bond acceptors (Lipinski definition) is 3. The number of aromatic nitrogens is 2. The third-order valence-corrected chi connectivity index (χ3v) is 6.35. The van der Waals surface area contributed by atoms with Gasteiger partial charge in [-0.25, -0.2) is 4.98 Å². The Hall–Kier alpha value is -2.34. The number of aliphatic hydroxyl groups is 1. The first-order valence-electron chi connectivity index (χ1n) is 10.6. The SMILES string of the molecule is CCc1c(C(=O)N[C@H]2CCCC[C@@H]2O)nc(-c2ccccc2Cl)n1-c1ccc(Cl)cc1. The number of imidazole rings is 1. The van der Waals surface area contributed by atoms with Gasteiger partial charge in [-0.3, -0.25) is 9.36 Å². The average molecular weight is 458 g/mol. The van der Waals surface area contributed by atoms with Gasteiger partial charge in [0.05, 0.1) is 22.9 Å². The smallest absolute Gasteiger partial charge is 0.272 e. The molecule has 1 amide bonds. The first-order valence-corrected chi connectivity index (χ1v) is 11.4. The molecule has 2 aromatic carbocycles. The van der Waals surface area contributed by atoms with E-state index in [1.807, 2.05) is 60.0 Å². The van der Waals surface area contributed by atoms with Crippen LogP contribution in [-0.2, 0) is 6.42 Å². The van der Waals surface area contributed by atoms with Crippen molar-refractivity contribution in [1.82, 2.24) is 14.9 Å². The van der Waals surface area contributed by atoms with Gasteiger partial charge in [-0.05, 0) is 55.7 Å². The van der Waals surface area contributed by atoms with Gasteiger partial charge in [0, 0.05) is 16.3 Å². The third kappa shape index (κ3) is 4.49. The summed E-state index contributed by atoms with van der Waals surface area (Å²) in [7, 11) is 0. The van der Waals surface area contributed by atoms with Crippen LogP contribution in [0.25, 0.3) is 17.1 Å². The number of halogens is 2. The molecular formula is C24H25Cl2N3O2. The first-order chi connectivity index (χ1) is 15.0. The molecular weight excluding hydrogens is 433 g/mol. The summed E-state index contributed by atoms with van der Waals surface area (Å²) in [6.07, 6.45) is 3.52. The maximum absolute atomic E-state index is 13.3. The second kappa shape index (κ2) is 9.43. The highest BCUT2D eigenvalue weighted by molar-refractivity contribution is 6.33. The molecule has 1 fully saturated rings. The lowest BCUT2D eigenvalue weighted by Gasteiger charge is -2.28. The minimum Gasteiger partial charge on any atom is -0.391 e. The van der Waals surface area contributed by atoms with Crippen LogP contribution < -0.4 is 5.32 Å². The number of carbonyl (C=O) groups excluding carboxylic acids is 1. The van der Waals surface area contributed by atoms with Gasteiger partial charge < -0.3 is 10.4 Å². The zero-order valence-corrected chi connectivity index (χ0v) is 18.8. The highest BCUT2D eigenvalue weighted by Gasteiger charge is 2.29. The summed E-state index contributed by atoms with van der Waals surface area (Å²) in [6, 6.07) is 14.6. The molecule has 162 valence electrons. The summed E-state index contributed by atoms with van der Waals surface area (Å²) >= 11 is 12.6.